The number of ketones is 2. The van der Waals surface area contributed by atoms with Gasteiger partial charge in [0.25, 0.3) is 0 Å². The molecule has 10 nitrogen and oxygen atoms in total. The Balaban J connectivity index is 1.23. The second-order valence-electron chi connectivity index (χ2n) is 12.4. The normalized spacial score (nSPS) is 12.4. The minimum absolute atomic E-state index is 0.0991. The van der Waals surface area contributed by atoms with Gasteiger partial charge < -0.3 is 29.2 Å². The Morgan fingerprint density at radius 2 is 0.863 bits per heavy atom. The van der Waals surface area contributed by atoms with Crippen LogP contribution < -0.4 is 9.47 Å². The third kappa shape index (κ3) is 10.3. The van der Waals surface area contributed by atoms with Crippen LogP contribution in [0.4, 0.5) is 0 Å². The molecule has 0 heterocycles. The number of aliphatic hydroxyl groups excluding tert-OH is 2. The van der Waals surface area contributed by atoms with E-state index < -0.39 is 24.1 Å². The molecule has 0 amide bonds. The summed E-state index contributed by atoms with van der Waals surface area (Å²) < 4.78 is 21.9. The van der Waals surface area contributed by atoms with E-state index in [-0.39, 0.29) is 67.4 Å². The summed E-state index contributed by atoms with van der Waals surface area (Å²) in [5.41, 5.74) is 2.55. The fourth-order valence-electron chi connectivity index (χ4n) is 5.27. The van der Waals surface area contributed by atoms with Gasteiger partial charge in [-0.05, 0) is 47.5 Å². The molecule has 0 radical (unpaired) electrons. The molecular weight excluding hydrogens is 652 g/mol. The minimum atomic E-state index is -1.07. The molecule has 10 heteroatoms. The zero-order valence-electron chi connectivity index (χ0n) is 29.3. The first kappa shape index (κ1) is 38.5. The van der Waals surface area contributed by atoms with Gasteiger partial charge in [0.15, 0.2) is 11.6 Å². The lowest BCUT2D eigenvalue weighted by Crippen LogP contribution is -2.26. The number of hydrogen-bond donors (Lipinski definition) is 2. The molecule has 268 valence electrons. The molecule has 2 atom stereocenters. The van der Waals surface area contributed by atoms with E-state index in [1.807, 2.05) is 24.3 Å². The van der Waals surface area contributed by atoms with Crippen molar-refractivity contribution in [1.82, 2.24) is 0 Å². The fraction of sp³-hybridized carbons (Fsp3) is 0.317. The first-order chi connectivity index (χ1) is 24.4. The van der Waals surface area contributed by atoms with Crippen molar-refractivity contribution in [2.45, 2.75) is 58.2 Å². The maximum atomic E-state index is 12.5. The summed E-state index contributed by atoms with van der Waals surface area (Å²) in [6.45, 7) is 6.81. The number of aliphatic hydroxyl groups is 2. The van der Waals surface area contributed by atoms with Crippen LogP contribution in [-0.4, -0.2) is 72.4 Å². The Bertz CT molecular complexity index is 1660. The van der Waals surface area contributed by atoms with E-state index in [1.54, 1.807) is 74.5 Å². The summed E-state index contributed by atoms with van der Waals surface area (Å²) >= 11 is 0. The summed E-state index contributed by atoms with van der Waals surface area (Å²) in [5.74, 6) is -0.631. The zero-order valence-corrected chi connectivity index (χ0v) is 29.3. The monoisotopic (exact) mass is 696 g/mol. The Kier molecular flexibility index (Phi) is 13.6. The van der Waals surface area contributed by atoms with E-state index in [4.69, 9.17) is 18.9 Å². The van der Waals surface area contributed by atoms with Crippen molar-refractivity contribution in [3.05, 3.63) is 130 Å². The number of benzene rings is 4. The van der Waals surface area contributed by atoms with Gasteiger partial charge in [-0.15, -0.1) is 0 Å². The molecule has 0 aliphatic carbocycles. The summed E-state index contributed by atoms with van der Waals surface area (Å²) in [6.07, 6.45) is -1.63. The van der Waals surface area contributed by atoms with Crippen LogP contribution in [0.25, 0.3) is 0 Å². The Labute approximate surface area is 297 Å². The smallest absolute Gasteiger partial charge is 0.338 e. The molecule has 4 aromatic rings. The average Bonchev–Trinajstić information content (AvgIpc) is 3.16. The van der Waals surface area contributed by atoms with Crippen molar-refractivity contribution >= 4 is 23.5 Å². The molecule has 0 saturated carbocycles. The Morgan fingerprint density at radius 1 is 0.529 bits per heavy atom. The second kappa shape index (κ2) is 18.1. The number of Topliss-reactive ketones (excluding diaryl/α,β-unsaturated/α-hetero) is 2. The van der Waals surface area contributed by atoms with Crippen LogP contribution in [0, 0.1) is 0 Å². The molecule has 4 aromatic carbocycles. The predicted molar refractivity (Wildman–Crippen MR) is 191 cm³/mol. The van der Waals surface area contributed by atoms with Gasteiger partial charge in [0.05, 0.1) is 11.1 Å². The van der Waals surface area contributed by atoms with Gasteiger partial charge in [0.1, 0.15) is 50.1 Å². The van der Waals surface area contributed by atoms with E-state index >= 15 is 0 Å². The number of hydrogen-bond acceptors (Lipinski definition) is 10. The van der Waals surface area contributed by atoms with Crippen molar-refractivity contribution in [2.24, 2.45) is 0 Å². The SMILES string of the molecule is CCC(=O)c1ccccc1C(=O)OCC(O)COc1ccc(C(C)(C)c2ccc(OCC(O)COC(=O)c3ccccc3C(=O)CC)cc2)cc1. The van der Waals surface area contributed by atoms with Crippen LogP contribution in [0.5, 0.6) is 11.5 Å². The van der Waals surface area contributed by atoms with Crippen LogP contribution in [-0.2, 0) is 14.9 Å². The van der Waals surface area contributed by atoms with Gasteiger partial charge in [-0.25, -0.2) is 9.59 Å². The molecule has 0 bridgehead atoms. The van der Waals surface area contributed by atoms with E-state index in [9.17, 15) is 29.4 Å². The summed E-state index contributed by atoms with van der Waals surface area (Å²) in [4.78, 5) is 49.4. The van der Waals surface area contributed by atoms with Crippen LogP contribution in [0.15, 0.2) is 97.1 Å². The van der Waals surface area contributed by atoms with Crippen LogP contribution >= 0.6 is 0 Å². The Hall–Kier alpha value is -5.32. The van der Waals surface area contributed by atoms with Gasteiger partial charge in [-0.2, -0.15) is 0 Å². The van der Waals surface area contributed by atoms with Crippen molar-refractivity contribution < 1.29 is 48.3 Å². The highest BCUT2D eigenvalue weighted by Gasteiger charge is 2.24. The van der Waals surface area contributed by atoms with Gasteiger partial charge in [-0.3, -0.25) is 9.59 Å². The number of ether oxygens (including phenoxy) is 4. The van der Waals surface area contributed by atoms with E-state index in [1.165, 1.54) is 12.1 Å². The molecule has 51 heavy (non-hydrogen) atoms. The highest BCUT2D eigenvalue weighted by molar-refractivity contribution is 6.07. The van der Waals surface area contributed by atoms with Gasteiger partial charge >= 0.3 is 11.9 Å². The van der Waals surface area contributed by atoms with Gasteiger partial charge in [-0.1, -0.05) is 88.4 Å². The predicted octanol–water partition coefficient (Wildman–Crippen LogP) is 6.39. The van der Waals surface area contributed by atoms with E-state index in [2.05, 4.69) is 13.8 Å². The van der Waals surface area contributed by atoms with E-state index in [0.717, 1.165) is 11.1 Å². The molecule has 0 aliphatic heterocycles. The molecule has 0 fully saturated rings. The Morgan fingerprint density at radius 3 is 1.20 bits per heavy atom. The lowest BCUT2D eigenvalue weighted by Gasteiger charge is -2.26. The second-order valence-corrected chi connectivity index (χ2v) is 12.4. The standard InChI is InChI=1S/C41H44O10/c1-5-37(44)33-11-7-9-13-35(33)39(46)50-25-29(42)23-48-31-19-15-27(16-20-31)41(3,4)28-17-21-32(22-18-28)49-24-30(43)26-51-40(47)36-14-10-8-12-34(36)38(45)6-2/h7-22,29-30,42-43H,5-6,23-26H2,1-4H3. The quantitative estimate of drug-likeness (QED) is 0.0887. The lowest BCUT2D eigenvalue weighted by molar-refractivity contribution is 0.0126. The largest absolute Gasteiger partial charge is 0.491 e. The number of carbonyl (C=O) groups is 4. The maximum Gasteiger partial charge on any atom is 0.338 e. The van der Waals surface area contributed by atoms with E-state index in [0.29, 0.717) is 22.6 Å². The third-order valence-electron chi connectivity index (χ3n) is 8.39. The summed E-state index contributed by atoms with van der Waals surface area (Å²) in [5, 5.41) is 20.7. The molecule has 0 saturated heterocycles. The number of rotatable bonds is 18. The van der Waals surface area contributed by atoms with Crippen LogP contribution in [0.2, 0.25) is 0 Å². The van der Waals surface area contributed by atoms with Gasteiger partial charge in [0.2, 0.25) is 0 Å². The first-order valence-corrected chi connectivity index (χ1v) is 16.9. The summed E-state index contributed by atoms with van der Waals surface area (Å²) in [6, 6.07) is 27.8. The summed E-state index contributed by atoms with van der Waals surface area (Å²) in [7, 11) is 0. The first-order valence-electron chi connectivity index (χ1n) is 16.9. The van der Waals surface area contributed by atoms with Crippen molar-refractivity contribution in [3.8, 4) is 11.5 Å². The number of carbonyl (C=O) groups excluding carboxylic acids is 4. The van der Waals surface area contributed by atoms with Crippen LogP contribution in [0.3, 0.4) is 0 Å². The maximum absolute atomic E-state index is 12.5. The zero-order chi connectivity index (χ0) is 37.0. The van der Waals surface area contributed by atoms with Crippen molar-refractivity contribution in [2.75, 3.05) is 26.4 Å². The van der Waals surface area contributed by atoms with Crippen molar-refractivity contribution in [1.29, 1.82) is 0 Å². The molecule has 2 N–H and O–H groups in total. The van der Waals surface area contributed by atoms with Crippen molar-refractivity contribution in [3.63, 3.8) is 0 Å². The highest BCUT2D eigenvalue weighted by Crippen LogP contribution is 2.33. The molecule has 4 rings (SSSR count). The minimum Gasteiger partial charge on any atom is -0.491 e. The average molecular weight is 697 g/mol. The van der Waals surface area contributed by atoms with Crippen LogP contribution in [0.1, 0.15) is 93.1 Å². The number of esters is 2. The molecule has 0 aliphatic rings. The molecule has 0 spiro atoms. The molecule has 2 unspecified atom stereocenters. The molecular formula is C41H44O10. The fourth-order valence-corrected chi connectivity index (χ4v) is 5.27. The van der Waals surface area contributed by atoms with Gasteiger partial charge in [0, 0.05) is 29.4 Å². The lowest BCUT2D eigenvalue weighted by atomic mass is 9.78. The third-order valence-corrected chi connectivity index (χ3v) is 8.39. The topological polar surface area (TPSA) is 146 Å². The highest BCUT2D eigenvalue weighted by atomic mass is 16.6. The molecule has 0 aromatic heterocycles.